The molecule has 2 fully saturated rings. The predicted octanol–water partition coefficient (Wildman–Crippen LogP) is 3.61. The summed E-state index contributed by atoms with van der Waals surface area (Å²) in [6, 6.07) is 7.28. The van der Waals surface area contributed by atoms with Crippen LogP contribution in [0, 0.1) is 17.8 Å². The highest BCUT2D eigenvalue weighted by molar-refractivity contribution is 5.89. The monoisotopic (exact) mass is 331 g/mol. The van der Waals surface area contributed by atoms with Crippen LogP contribution in [0.4, 0.5) is 0 Å². The van der Waals surface area contributed by atoms with Crippen molar-refractivity contribution in [1.82, 2.24) is 4.90 Å². The van der Waals surface area contributed by atoms with Crippen LogP contribution in [0.25, 0.3) is 0 Å². The topological polar surface area (TPSA) is 38.8 Å². The summed E-state index contributed by atoms with van der Waals surface area (Å²) < 4.78 is 10.9. The van der Waals surface area contributed by atoms with Crippen LogP contribution in [0.5, 0.6) is 5.75 Å². The van der Waals surface area contributed by atoms with Gasteiger partial charge >= 0.3 is 5.97 Å². The van der Waals surface area contributed by atoms with Crippen LogP contribution in [0.15, 0.2) is 24.3 Å². The number of hydrogen-bond acceptors (Lipinski definition) is 4. The highest BCUT2D eigenvalue weighted by Gasteiger charge is 2.37. The van der Waals surface area contributed by atoms with Gasteiger partial charge < -0.3 is 14.4 Å². The molecule has 0 aromatic heterocycles. The molecule has 1 aliphatic carbocycles. The number of likely N-dealkylation sites (tertiary alicyclic amines) is 1. The van der Waals surface area contributed by atoms with Crippen molar-refractivity contribution in [2.45, 2.75) is 32.6 Å². The normalized spacial score (nSPS) is 26.8. The van der Waals surface area contributed by atoms with E-state index in [2.05, 4.69) is 11.9 Å². The van der Waals surface area contributed by atoms with Gasteiger partial charge in [0.1, 0.15) is 5.75 Å². The van der Waals surface area contributed by atoms with E-state index in [1.54, 1.807) is 12.1 Å². The Labute approximate surface area is 145 Å². The molecule has 1 saturated carbocycles. The largest absolute Gasteiger partial charge is 0.494 e. The first-order valence-electron chi connectivity index (χ1n) is 9.26. The Morgan fingerprint density at radius 2 is 1.83 bits per heavy atom. The Hall–Kier alpha value is -1.55. The molecule has 1 saturated heterocycles. The number of benzene rings is 1. The molecule has 0 spiro atoms. The van der Waals surface area contributed by atoms with Gasteiger partial charge in [0, 0.05) is 13.1 Å². The summed E-state index contributed by atoms with van der Waals surface area (Å²) in [6.45, 7) is 5.47. The van der Waals surface area contributed by atoms with Crippen molar-refractivity contribution in [2.75, 3.05) is 33.4 Å². The Morgan fingerprint density at radius 3 is 2.46 bits per heavy atom. The number of fused-ring (bicyclic) bond motifs is 2. The summed E-state index contributed by atoms with van der Waals surface area (Å²) in [5.41, 5.74) is 0.578. The highest BCUT2D eigenvalue weighted by atomic mass is 16.5. The number of carbonyl (C=O) groups excluding carboxylic acids is 1. The molecule has 1 aromatic carbocycles. The molecule has 2 bridgehead atoms. The van der Waals surface area contributed by atoms with Crippen molar-refractivity contribution in [2.24, 2.45) is 17.8 Å². The van der Waals surface area contributed by atoms with Gasteiger partial charge in [0.2, 0.25) is 0 Å². The molecule has 1 heterocycles. The quantitative estimate of drug-likeness (QED) is 0.747. The number of rotatable bonds is 6. The van der Waals surface area contributed by atoms with E-state index in [1.165, 1.54) is 32.4 Å². The lowest BCUT2D eigenvalue weighted by Crippen LogP contribution is -2.47. The lowest BCUT2D eigenvalue weighted by atomic mass is 9.68. The van der Waals surface area contributed by atoms with Gasteiger partial charge in [-0.05, 0) is 75.3 Å². The standard InChI is InChI=1S/C20H29NO3/c1-3-23-20(22)15-7-9-18(10-8-15)24-12-11-19-16-5-4-6-17(19)14-21(2)13-16/h7-10,16-17,19H,3-6,11-14H2,1-2H3/t16-,17+,19?. The maximum absolute atomic E-state index is 11.6. The van der Waals surface area contributed by atoms with Crippen molar-refractivity contribution in [3.63, 3.8) is 0 Å². The summed E-state index contributed by atoms with van der Waals surface area (Å²) >= 11 is 0. The van der Waals surface area contributed by atoms with Crippen LogP contribution in [0.1, 0.15) is 43.0 Å². The van der Waals surface area contributed by atoms with Crippen LogP contribution >= 0.6 is 0 Å². The minimum atomic E-state index is -0.275. The molecule has 1 aromatic rings. The van der Waals surface area contributed by atoms with Gasteiger partial charge in [-0.25, -0.2) is 4.79 Å². The van der Waals surface area contributed by atoms with Gasteiger partial charge in [-0.3, -0.25) is 0 Å². The second-order valence-corrected chi connectivity index (χ2v) is 7.22. The maximum Gasteiger partial charge on any atom is 0.338 e. The number of piperidine rings is 1. The molecule has 2 aliphatic rings. The average molecular weight is 331 g/mol. The van der Waals surface area contributed by atoms with Crippen LogP contribution in [0.2, 0.25) is 0 Å². The van der Waals surface area contributed by atoms with Gasteiger partial charge in [-0.1, -0.05) is 6.42 Å². The first-order chi connectivity index (χ1) is 11.7. The molecule has 24 heavy (non-hydrogen) atoms. The molecular weight excluding hydrogens is 302 g/mol. The van der Waals surface area contributed by atoms with Crippen molar-refractivity contribution in [3.05, 3.63) is 29.8 Å². The molecule has 3 atom stereocenters. The Morgan fingerprint density at radius 1 is 1.17 bits per heavy atom. The van der Waals surface area contributed by atoms with Gasteiger partial charge in [0.05, 0.1) is 18.8 Å². The summed E-state index contributed by atoms with van der Waals surface area (Å²) in [6.07, 6.45) is 5.29. The predicted molar refractivity (Wildman–Crippen MR) is 94.3 cm³/mol. The van der Waals surface area contributed by atoms with Crippen LogP contribution in [-0.2, 0) is 4.74 Å². The maximum atomic E-state index is 11.6. The van der Waals surface area contributed by atoms with Gasteiger partial charge in [0.25, 0.3) is 0 Å². The number of carbonyl (C=O) groups is 1. The van der Waals surface area contributed by atoms with E-state index in [-0.39, 0.29) is 5.97 Å². The van der Waals surface area contributed by atoms with Crippen molar-refractivity contribution < 1.29 is 14.3 Å². The minimum Gasteiger partial charge on any atom is -0.494 e. The van der Waals surface area contributed by atoms with Crippen LogP contribution in [0.3, 0.4) is 0 Å². The van der Waals surface area contributed by atoms with Crippen molar-refractivity contribution in [3.8, 4) is 5.75 Å². The lowest BCUT2D eigenvalue weighted by Gasteiger charge is -2.46. The SMILES string of the molecule is CCOC(=O)c1ccc(OCCC2[C@@H]3CCC[C@H]2CN(C)C3)cc1. The Kier molecular flexibility index (Phi) is 5.77. The number of ether oxygens (including phenoxy) is 2. The third kappa shape index (κ3) is 4.10. The molecule has 0 N–H and O–H groups in total. The zero-order chi connectivity index (χ0) is 16.9. The molecule has 0 amide bonds. The summed E-state index contributed by atoms with van der Waals surface area (Å²) in [5.74, 6) is 3.06. The van der Waals surface area contributed by atoms with E-state index in [9.17, 15) is 4.79 Å². The van der Waals surface area contributed by atoms with E-state index in [1.807, 2.05) is 19.1 Å². The Bertz CT molecular complexity index is 528. The number of esters is 1. The number of hydrogen-bond donors (Lipinski definition) is 0. The Balaban J connectivity index is 1.49. The van der Waals surface area contributed by atoms with E-state index in [0.717, 1.165) is 36.5 Å². The summed E-state index contributed by atoms with van der Waals surface area (Å²) in [7, 11) is 2.25. The summed E-state index contributed by atoms with van der Waals surface area (Å²) in [4.78, 5) is 14.1. The molecule has 1 unspecified atom stereocenters. The second kappa shape index (κ2) is 8.02. The van der Waals surface area contributed by atoms with Gasteiger partial charge in [-0.2, -0.15) is 0 Å². The molecule has 1 aliphatic heterocycles. The van der Waals surface area contributed by atoms with E-state index >= 15 is 0 Å². The van der Waals surface area contributed by atoms with Gasteiger partial charge in [-0.15, -0.1) is 0 Å². The lowest BCUT2D eigenvalue weighted by molar-refractivity contribution is 0.0247. The summed E-state index contributed by atoms with van der Waals surface area (Å²) in [5, 5.41) is 0. The van der Waals surface area contributed by atoms with Crippen LogP contribution < -0.4 is 4.74 Å². The number of nitrogens with zero attached hydrogens (tertiary/aromatic N) is 1. The van der Waals surface area contributed by atoms with Gasteiger partial charge in [0.15, 0.2) is 0 Å². The van der Waals surface area contributed by atoms with Crippen LogP contribution in [-0.4, -0.2) is 44.2 Å². The molecule has 3 rings (SSSR count). The van der Waals surface area contributed by atoms with E-state index in [0.29, 0.717) is 12.2 Å². The fraction of sp³-hybridized carbons (Fsp3) is 0.650. The zero-order valence-corrected chi connectivity index (χ0v) is 14.9. The zero-order valence-electron chi connectivity index (χ0n) is 14.9. The minimum absolute atomic E-state index is 0.275. The highest BCUT2D eigenvalue weighted by Crippen LogP contribution is 2.41. The van der Waals surface area contributed by atoms with E-state index < -0.39 is 0 Å². The third-order valence-corrected chi connectivity index (χ3v) is 5.54. The average Bonchev–Trinajstić information content (AvgIpc) is 2.56. The molecule has 0 radical (unpaired) electrons. The molecule has 4 nitrogen and oxygen atoms in total. The first-order valence-corrected chi connectivity index (χ1v) is 9.26. The first kappa shape index (κ1) is 17.3. The van der Waals surface area contributed by atoms with E-state index in [4.69, 9.17) is 9.47 Å². The fourth-order valence-electron chi connectivity index (χ4n) is 4.47. The molecule has 4 heteroatoms. The second-order valence-electron chi connectivity index (χ2n) is 7.22. The third-order valence-electron chi connectivity index (χ3n) is 5.54. The smallest absolute Gasteiger partial charge is 0.338 e. The van der Waals surface area contributed by atoms with Crippen molar-refractivity contribution in [1.29, 1.82) is 0 Å². The molecular formula is C20H29NO3. The fourth-order valence-corrected chi connectivity index (χ4v) is 4.47. The molecule has 132 valence electrons. The van der Waals surface area contributed by atoms with Crippen molar-refractivity contribution >= 4 is 5.97 Å².